The zero-order valence-electron chi connectivity index (χ0n) is 5.47. The topological polar surface area (TPSA) is 20.2 Å². The van der Waals surface area contributed by atoms with Gasteiger partial charge < -0.3 is 5.11 Å². The Balaban J connectivity index is 3.72. The first-order valence-electron chi connectivity index (χ1n) is 2.78. The van der Waals surface area contributed by atoms with E-state index < -0.39 is 0 Å². The highest BCUT2D eigenvalue weighted by atomic mass is 127. The van der Waals surface area contributed by atoms with E-state index in [4.69, 9.17) is 0 Å². The molecule has 0 saturated heterocycles. The number of aliphatic hydroxyl groups is 1. The molecule has 0 fully saturated rings. The van der Waals surface area contributed by atoms with Gasteiger partial charge in [-0.25, -0.2) is 0 Å². The predicted molar refractivity (Wildman–Crippen MR) is 48.6 cm³/mol. The Kier molecular flexibility index (Phi) is 5.09. The van der Waals surface area contributed by atoms with Crippen molar-refractivity contribution in [3.05, 3.63) is 22.3 Å². The molecule has 0 bridgehead atoms. The van der Waals surface area contributed by atoms with Crippen molar-refractivity contribution in [1.29, 1.82) is 0 Å². The molecule has 0 radical (unpaired) electrons. The maximum atomic E-state index is 9.17. The van der Waals surface area contributed by atoms with Gasteiger partial charge >= 0.3 is 0 Å². The number of hydrogen-bond acceptors (Lipinski definition) is 1. The fourth-order valence-electron chi connectivity index (χ4n) is 0.416. The molecule has 0 amide bonds. The maximum Gasteiger partial charge on any atom is 0.0789 e. The summed E-state index contributed by atoms with van der Waals surface area (Å²) in [5.41, 5.74) is 0.996. The second-order valence-corrected chi connectivity index (χ2v) is 2.52. The van der Waals surface area contributed by atoms with Crippen LogP contribution in [-0.2, 0) is 0 Å². The molecule has 0 spiro atoms. The summed E-state index contributed by atoms with van der Waals surface area (Å²) in [4.78, 5) is 0. The normalized spacial score (nSPS) is 15.2. The average Bonchev–Trinajstić information content (AvgIpc) is 1.87. The molecule has 0 rings (SSSR count). The van der Waals surface area contributed by atoms with Crippen molar-refractivity contribution in [3.63, 3.8) is 0 Å². The van der Waals surface area contributed by atoms with E-state index in [2.05, 4.69) is 29.2 Å². The largest absolute Gasteiger partial charge is 0.388 e. The molecular weight excluding hydrogens is 227 g/mol. The van der Waals surface area contributed by atoms with Gasteiger partial charge in [0.1, 0.15) is 0 Å². The van der Waals surface area contributed by atoms with Gasteiger partial charge in [-0.3, -0.25) is 0 Å². The third-order valence-electron chi connectivity index (χ3n) is 1.09. The molecule has 0 aromatic rings. The Hall–Kier alpha value is 0.170. The lowest BCUT2D eigenvalue weighted by atomic mass is 10.1. The lowest BCUT2D eigenvalue weighted by Crippen LogP contribution is -2.04. The van der Waals surface area contributed by atoms with Crippen LogP contribution in [0.25, 0.3) is 0 Å². The summed E-state index contributed by atoms with van der Waals surface area (Å²) in [5.74, 6) is 0. The monoisotopic (exact) mass is 238 g/mol. The Morgan fingerprint density at radius 2 is 2.44 bits per heavy atom. The van der Waals surface area contributed by atoms with E-state index in [1.807, 2.05) is 11.0 Å². The predicted octanol–water partition coefficient (Wildman–Crippen LogP) is 2.26. The molecule has 1 nitrogen and oxygen atoms in total. The van der Waals surface area contributed by atoms with Crippen LogP contribution in [0.3, 0.4) is 0 Å². The number of halogens is 1. The molecule has 2 heteroatoms. The average molecular weight is 238 g/mol. The first-order valence-corrected chi connectivity index (χ1v) is 4.02. The highest BCUT2D eigenvalue weighted by molar-refractivity contribution is 14.1. The van der Waals surface area contributed by atoms with Crippen molar-refractivity contribution < 1.29 is 5.11 Å². The van der Waals surface area contributed by atoms with E-state index in [-0.39, 0.29) is 6.10 Å². The molecule has 0 saturated carbocycles. The highest BCUT2D eigenvalue weighted by Crippen LogP contribution is 2.07. The number of rotatable bonds is 3. The Morgan fingerprint density at radius 3 is 2.78 bits per heavy atom. The van der Waals surface area contributed by atoms with Crippen LogP contribution in [0.1, 0.15) is 13.3 Å². The minimum atomic E-state index is -0.334. The van der Waals surface area contributed by atoms with Crippen LogP contribution in [0.15, 0.2) is 22.3 Å². The van der Waals surface area contributed by atoms with E-state index >= 15 is 0 Å². The van der Waals surface area contributed by atoms with Gasteiger partial charge in [-0.15, -0.1) is 6.58 Å². The minimum Gasteiger partial charge on any atom is -0.388 e. The van der Waals surface area contributed by atoms with Gasteiger partial charge in [0.15, 0.2) is 0 Å². The lowest BCUT2D eigenvalue weighted by molar-refractivity contribution is 0.215. The SMILES string of the molecule is C=CCC(O)C(C)=CI. The maximum absolute atomic E-state index is 9.17. The van der Waals surface area contributed by atoms with Crippen LogP contribution in [0.2, 0.25) is 0 Å². The summed E-state index contributed by atoms with van der Waals surface area (Å²) in [7, 11) is 0. The fraction of sp³-hybridized carbons (Fsp3) is 0.429. The van der Waals surface area contributed by atoms with E-state index in [0.29, 0.717) is 6.42 Å². The molecule has 1 atom stereocenters. The van der Waals surface area contributed by atoms with Crippen molar-refractivity contribution in [3.8, 4) is 0 Å². The molecule has 1 unspecified atom stereocenters. The molecule has 1 N–H and O–H groups in total. The summed E-state index contributed by atoms with van der Waals surface area (Å²) in [6.07, 6.45) is 2.03. The van der Waals surface area contributed by atoms with Gasteiger partial charge in [-0.2, -0.15) is 0 Å². The third kappa shape index (κ3) is 3.70. The molecule has 0 aliphatic rings. The lowest BCUT2D eigenvalue weighted by Gasteiger charge is -2.05. The summed E-state index contributed by atoms with van der Waals surface area (Å²) in [6, 6.07) is 0. The van der Waals surface area contributed by atoms with Crippen LogP contribution in [-0.4, -0.2) is 11.2 Å². The van der Waals surface area contributed by atoms with E-state index in [0.717, 1.165) is 5.57 Å². The van der Waals surface area contributed by atoms with Gasteiger partial charge in [0.25, 0.3) is 0 Å². The molecule has 0 heterocycles. The summed E-state index contributed by atoms with van der Waals surface area (Å²) in [5, 5.41) is 9.17. The molecule has 0 aliphatic heterocycles. The quantitative estimate of drug-likeness (QED) is 0.590. The molecule has 0 aromatic heterocycles. The standard InChI is InChI=1S/C7H11IO/c1-3-4-7(9)6(2)5-8/h3,5,7,9H,1,4H2,2H3. The third-order valence-corrected chi connectivity index (χ3v) is 2.07. The van der Waals surface area contributed by atoms with Gasteiger partial charge in [0, 0.05) is 0 Å². The van der Waals surface area contributed by atoms with Crippen LogP contribution in [0.4, 0.5) is 0 Å². The molecular formula is C7H11IO. The summed E-state index contributed by atoms with van der Waals surface area (Å²) >= 11 is 2.11. The van der Waals surface area contributed by atoms with Gasteiger partial charge in [-0.05, 0) is 23.0 Å². The van der Waals surface area contributed by atoms with E-state index in [9.17, 15) is 5.11 Å². The minimum absolute atomic E-state index is 0.334. The fourth-order valence-corrected chi connectivity index (χ4v) is 0.832. The number of aliphatic hydroxyl groups excluding tert-OH is 1. The zero-order chi connectivity index (χ0) is 7.28. The molecule has 52 valence electrons. The highest BCUT2D eigenvalue weighted by Gasteiger charge is 2.00. The van der Waals surface area contributed by atoms with Crippen LogP contribution in [0.5, 0.6) is 0 Å². The first-order chi connectivity index (χ1) is 4.22. The van der Waals surface area contributed by atoms with Gasteiger partial charge in [0.2, 0.25) is 0 Å². The smallest absolute Gasteiger partial charge is 0.0789 e. The number of hydrogen-bond donors (Lipinski definition) is 1. The van der Waals surface area contributed by atoms with Crippen LogP contribution >= 0.6 is 22.6 Å². The molecule has 0 aliphatic carbocycles. The summed E-state index contributed by atoms with van der Waals surface area (Å²) < 4.78 is 1.88. The van der Waals surface area contributed by atoms with Crippen molar-refractivity contribution >= 4 is 22.6 Å². The second-order valence-electron chi connectivity index (χ2n) is 1.89. The van der Waals surface area contributed by atoms with Crippen LogP contribution in [0, 0.1) is 0 Å². The Bertz CT molecular complexity index is 118. The summed E-state index contributed by atoms with van der Waals surface area (Å²) in [6.45, 7) is 5.43. The van der Waals surface area contributed by atoms with Crippen molar-refractivity contribution in [2.75, 3.05) is 0 Å². The van der Waals surface area contributed by atoms with E-state index in [1.54, 1.807) is 6.08 Å². The van der Waals surface area contributed by atoms with Gasteiger partial charge in [0.05, 0.1) is 6.10 Å². The van der Waals surface area contributed by atoms with Crippen LogP contribution < -0.4 is 0 Å². The zero-order valence-corrected chi connectivity index (χ0v) is 7.63. The van der Waals surface area contributed by atoms with Crippen molar-refractivity contribution in [1.82, 2.24) is 0 Å². The second kappa shape index (κ2) is 4.99. The van der Waals surface area contributed by atoms with Crippen molar-refractivity contribution in [2.24, 2.45) is 0 Å². The Morgan fingerprint density at radius 1 is 1.89 bits per heavy atom. The Labute approximate surface area is 69.6 Å². The van der Waals surface area contributed by atoms with Crippen molar-refractivity contribution in [2.45, 2.75) is 19.4 Å². The first kappa shape index (κ1) is 9.17. The molecule has 0 aromatic carbocycles. The van der Waals surface area contributed by atoms with E-state index in [1.165, 1.54) is 0 Å². The molecule has 9 heavy (non-hydrogen) atoms. The van der Waals surface area contributed by atoms with Gasteiger partial charge in [-0.1, -0.05) is 28.7 Å².